The van der Waals surface area contributed by atoms with Gasteiger partial charge in [-0.15, -0.1) is 11.8 Å². The molecule has 0 radical (unpaired) electrons. The molecule has 0 unspecified atom stereocenters. The summed E-state index contributed by atoms with van der Waals surface area (Å²) in [6.07, 6.45) is 0. The molecule has 0 aliphatic carbocycles. The topological polar surface area (TPSA) is 20.3 Å². The molecule has 0 saturated carbocycles. The molecule has 1 heterocycles. The second-order valence-electron chi connectivity index (χ2n) is 4.81. The second-order valence-corrected chi connectivity index (χ2v) is 5.88. The van der Waals surface area contributed by atoms with Crippen molar-refractivity contribution >= 4 is 23.4 Å². The Morgan fingerprint density at radius 3 is 2.40 bits per heavy atom. The van der Waals surface area contributed by atoms with E-state index in [1.54, 1.807) is 28.8 Å². The van der Waals surface area contributed by atoms with Gasteiger partial charge in [0.25, 0.3) is 0 Å². The van der Waals surface area contributed by atoms with Gasteiger partial charge in [0.2, 0.25) is 5.91 Å². The Balaban J connectivity index is 1.96. The molecule has 1 saturated heterocycles. The molecule has 1 aliphatic rings. The number of amides is 1. The maximum absolute atomic E-state index is 13.0. The zero-order chi connectivity index (χ0) is 14.1. The average Bonchev–Trinajstić information content (AvgIpc) is 2.83. The molecule has 2 aromatic rings. The van der Waals surface area contributed by atoms with Gasteiger partial charge in [-0.2, -0.15) is 0 Å². The van der Waals surface area contributed by atoms with Crippen LogP contribution in [0.4, 0.5) is 10.1 Å². The van der Waals surface area contributed by atoms with Crippen LogP contribution < -0.4 is 4.90 Å². The highest BCUT2D eigenvalue weighted by Crippen LogP contribution is 2.41. The van der Waals surface area contributed by atoms with Crippen molar-refractivity contribution < 1.29 is 9.18 Å². The van der Waals surface area contributed by atoms with Crippen LogP contribution in [0.15, 0.2) is 48.5 Å². The third-order valence-electron chi connectivity index (χ3n) is 3.34. The molecular weight excluding hydrogens is 273 g/mol. The van der Waals surface area contributed by atoms with Gasteiger partial charge in [-0.25, -0.2) is 4.39 Å². The zero-order valence-electron chi connectivity index (χ0n) is 11.0. The molecule has 20 heavy (non-hydrogen) atoms. The maximum atomic E-state index is 13.0. The first-order valence-corrected chi connectivity index (χ1v) is 7.46. The fraction of sp³-hybridized carbons (Fsp3) is 0.188. The first-order chi connectivity index (χ1) is 9.65. The lowest BCUT2D eigenvalue weighted by molar-refractivity contribution is -0.115. The van der Waals surface area contributed by atoms with E-state index >= 15 is 0 Å². The van der Waals surface area contributed by atoms with Crippen molar-refractivity contribution in [2.24, 2.45) is 0 Å². The molecule has 2 aromatic carbocycles. The molecule has 1 aliphatic heterocycles. The van der Waals surface area contributed by atoms with Crippen LogP contribution in [0.25, 0.3) is 0 Å². The molecule has 2 nitrogen and oxygen atoms in total. The largest absolute Gasteiger partial charge is 0.295 e. The van der Waals surface area contributed by atoms with Crippen molar-refractivity contribution in [1.29, 1.82) is 0 Å². The van der Waals surface area contributed by atoms with Gasteiger partial charge in [0.1, 0.15) is 11.2 Å². The molecule has 102 valence electrons. The summed E-state index contributed by atoms with van der Waals surface area (Å²) in [6, 6.07) is 14.3. The number of anilines is 1. The molecular formula is C16H14FNOS. The van der Waals surface area contributed by atoms with Gasteiger partial charge in [0.05, 0.1) is 5.75 Å². The third-order valence-corrected chi connectivity index (χ3v) is 4.55. The Morgan fingerprint density at radius 2 is 1.75 bits per heavy atom. The second kappa shape index (κ2) is 5.29. The van der Waals surface area contributed by atoms with Gasteiger partial charge in [0, 0.05) is 5.69 Å². The predicted octanol–water partition coefficient (Wildman–Crippen LogP) is 3.91. The Hall–Kier alpha value is -1.81. The van der Waals surface area contributed by atoms with Crippen molar-refractivity contribution in [3.8, 4) is 0 Å². The number of carbonyl (C=O) groups excluding carboxylic acids is 1. The maximum Gasteiger partial charge on any atom is 0.238 e. The number of hydrogen-bond donors (Lipinski definition) is 0. The van der Waals surface area contributed by atoms with Gasteiger partial charge < -0.3 is 0 Å². The van der Waals surface area contributed by atoms with E-state index in [1.807, 2.05) is 31.2 Å². The Kier molecular flexibility index (Phi) is 3.49. The summed E-state index contributed by atoms with van der Waals surface area (Å²) in [5, 5.41) is -0.0780. The lowest BCUT2D eigenvalue weighted by atomic mass is 10.1. The molecule has 0 bridgehead atoms. The van der Waals surface area contributed by atoms with Crippen LogP contribution >= 0.6 is 11.8 Å². The van der Waals surface area contributed by atoms with Gasteiger partial charge in [-0.1, -0.05) is 29.8 Å². The van der Waals surface area contributed by atoms with E-state index in [0.717, 1.165) is 16.8 Å². The van der Waals surface area contributed by atoms with Crippen molar-refractivity contribution in [3.05, 3.63) is 65.5 Å². The lowest BCUT2D eigenvalue weighted by Crippen LogP contribution is -2.27. The summed E-state index contributed by atoms with van der Waals surface area (Å²) in [4.78, 5) is 13.9. The number of halogens is 1. The highest BCUT2D eigenvalue weighted by molar-refractivity contribution is 8.00. The molecule has 1 atom stereocenters. The number of benzene rings is 2. The quantitative estimate of drug-likeness (QED) is 0.834. The first-order valence-electron chi connectivity index (χ1n) is 6.41. The number of hydrogen-bond acceptors (Lipinski definition) is 2. The molecule has 1 amide bonds. The fourth-order valence-electron chi connectivity index (χ4n) is 2.28. The zero-order valence-corrected chi connectivity index (χ0v) is 11.9. The highest BCUT2D eigenvalue weighted by atomic mass is 32.2. The van der Waals surface area contributed by atoms with Crippen molar-refractivity contribution in [2.75, 3.05) is 10.7 Å². The Labute approximate surface area is 121 Å². The third kappa shape index (κ3) is 2.43. The van der Waals surface area contributed by atoms with Crippen molar-refractivity contribution in [3.63, 3.8) is 0 Å². The monoisotopic (exact) mass is 287 g/mol. The van der Waals surface area contributed by atoms with Crippen LogP contribution in [0.5, 0.6) is 0 Å². The van der Waals surface area contributed by atoms with E-state index in [1.165, 1.54) is 12.1 Å². The first kappa shape index (κ1) is 13.2. The molecule has 0 aromatic heterocycles. The fourth-order valence-corrected chi connectivity index (χ4v) is 3.46. The minimum atomic E-state index is -0.259. The van der Waals surface area contributed by atoms with Crippen LogP contribution in [-0.2, 0) is 4.79 Å². The summed E-state index contributed by atoms with van der Waals surface area (Å²) in [7, 11) is 0. The van der Waals surface area contributed by atoms with Gasteiger partial charge >= 0.3 is 0 Å². The average molecular weight is 287 g/mol. The summed E-state index contributed by atoms with van der Waals surface area (Å²) in [5.41, 5.74) is 2.99. The lowest BCUT2D eigenvalue weighted by Gasteiger charge is -2.24. The van der Waals surface area contributed by atoms with Crippen LogP contribution in [0.1, 0.15) is 16.5 Å². The van der Waals surface area contributed by atoms with E-state index in [2.05, 4.69) is 0 Å². The number of nitrogens with zero attached hydrogens (tertiary/aromatic N) is 1. The smallest absolute Gasteiger partial charge is 0.238 e. The SMILES string of the molecule is Cc1ccc(N2C(=O)CS[C@H]2c2ccc(F)cc2)cc1. The molecule has 3 rings (SSSR count). The van der Waals surface area contributed by atoms with Crippen molar-refractivity contribution in [2.45, 2.75) is 12.3 Å². The van der Waals surface area contributed by atoms with Crippen molar-refractivity contribution in [1.82, 2.24) is 0 Å². The van der Waals surface area contributed by atoms with Gasteiger partial charge in [-0.05, 0) is 36.8 Å². The van der Waals surface area contributed by atoms with E-state index in [0.29, 0.717) is 5.75 Å². The molecule has 0 spiro atoms. The molecule has 4 heteroatoms. The minimum absolute atomic E-state index is 0.0780. The molecule has 1 fully saturated rings. The van der Waals surface area contributed by atoms with Crippen LogP contribution in [0, 0.1) is 12.7 Å². The van der Waals surface area contributed by atoms with E-state index in [-0.39, 0.29) is 17.1 Å². The van der Waals surface area contributed by atoms with Gasteiger partial charge in [0.15, 0.2) is 0 Å². The summed E-state index contributed by atoms with van der Waals surface area (Å²) >= 11 is 1.57. The number of aryl methyl sites for hydroxylation is 1. The number of thioether (sulfide) groups is 1. The minimum Gasteiger partial charge on any atom is -0.295 e. The summed E-state index contributed by atoms with van der Waals surface area (Å²) in [6.45, 7) is 2.02. The Bertz CT molecular complexity index is 624. The summed E-state index contributed by atoms with van der Waals surface area (Å²) < 4.78 is 13.0. The summed E-state index contributed by atoms with van der Waals surface area (Å²) in [5.74, 6) is 0.286. The normalized spacial score (nSPS) is 18.6. The van der Waals surface area contributed by atoms with Gasteiger partial charge in [-0.3, -0.25) is 9.69 Å². The van der Waals surface area contributed by atoms with E-state index in [4.69, 9.17) is 0 Å². The van der Waals surface area contributed by atoms with Crippen LogP contribution in [0.2, 0.25) is 0 Å². The number of carbonyl (C=O) groups is 1. The van der Waals surface area contributed by atoms with Crippen LogP contribution in [-0.4, -0.2) is 11.7 Å². The van der Waals surface area contributed by atoms with E-state index < -0.39 is 0 Å². The standard InChI is InChI=1S/C16H14FNOS/c1-11-2-8-14(9-3-11)18-15(19)10-20-16(18)12-4-6-13(17)7-5-12/h2-9,16H,10H2,1H3/t16-/m0/s1. The Morgan fingerprint density at radius 1 is 1.10 bits per heavy atom. The highest BCUT2D eigenvalue weighted by Gasteiger charge is 2.33. The van der Waals surface area contributed by atoms with E-state index in [9.17, 15) is 9.18 Å². The predicted molar refractivity (Wildman–Crippen MR) is 80.3 cm³/mol. The molecule has 0 N–H and O–H groups in total. The number of rotatable bonds is 2. The van der Waals surface area contributed by atoms with Crippen LogP contribution in [0.3, 0.4) is 0 Å².